The van der Waals surface area contributed by atoms with E-state index in [9.17, 15) is 10.2 Å². The predicted octanol–water partition coefficient (Wildman–Crippen LogP) is 7.59. The lowest BCUT2D eigenvalue weighted by atomic mass is 9.66. The van der Waals surface area contributed by atoms with E-state index in [0.717, 1.165) is 43.8 Å². The number of phenols is 2. The Balaban J connectivity index is 1.44. The molecule has 0 aliphatic carbocycles. The van der Waals surface area contributed by atoms with Crippen LogP contribution in [-0.4, -0.2) is 29.2 Å². The van der Waals surface area contributed by atoms with E-state index in [1.54, 1.807) is 24.3 Å². The number of fused-ring (bicyclic) bond motifs is 1. The van der Waals surface area contributed by atoms with Crippen molar-refractivity contribution in [1.82, 2.24) is 0 Å². The fraction of sp³-hybridized carbons (Fsp3) is 0.581. The van der Waals surface area contributed by atoms with Gasteiger partial charge in [0.25, 0.3) is 0 Å². The van der Waals surface area contributed by atoms with Gasteiger partial charge in [-0.05, 0) is 48.6 Å². The minimum Gasteiger partial charge on any atom is -0.508 e. The number of aromatic hydroxyl groups is 2. The number of amidine groups is 1. The molecule has 2 aromatic rings. The summed E-state index contributed by atoms with van der Waals surface area (Å²) in [6.07, 6.45) is 14.2. The van der Waals surface area contributed by atoms with Gasteiger partial charge in [-0.1, -0.05) is 83.4 Å². The number of nitrogens with two attached hydrogens (primary N) is 1. The maximum absolute atomic E-state index is 9.95. The van der Waals surface area contributed by atoms with Gasteiger partial charge < -0.3 is 20.7 Å². The van der Waals surface area contributed by atoms with Crippen LogP contribution in [-0.2, 0) is 5.41 Å². The highest BCUT2D eigenvalue weighted by Crippen LogP contribution is 2.49. The molecule has 2 aromatic carbocycles. The van der Waals surface area contributed by atoms with E-state index < -0.39 is 0 Å². The summed E-state index contributed by atoms with van der Waals surface area (Å²) in [6, 6.07) is 13.1. The maximum atomic E-state index is 9.95. The lowest BCUT2D eigenvalue weighted by Gasteiger charge is -2.43. The summed E-state index contributed by atoms with van der Waals surface area (Å²) in [5, 5.41) is 19.7. The lowest BCUT2D eigenvalue weighted by molar-refractivity contribution is 0.162. The highest BCUT2D eigenvalue weighted by molar-refractivity contribution is 5.80. The number of phenolic OH excluding ortho intramolecular Hbond substituents is 2. The molecule has 5 heteroatoms. The Morgan fingerprint density at radius 1 is 0.917 bits per heavy atom. The van der Waals surface area contributed by atoms with Crippen molar-refractivity contribution in [3.8, 4) is 17.2 Å². The first-order valence-electron chi connectivity index (χ1n) is 14.0. The van der Waals surface area contributed by atoms with Crippen LogP contribution in [0.4, 0.5) is 0 Å². The van der Waals surface area contributed by atoms with Gasteiger partial charge >= 0.3 is 0 Å². The van der Waals surface area contributed by atoms with Crippen LogP contribution in [0, 0.1) is 0 Å². The van der Waals surface area contributed by atoms with Gasteiger partial charge in [0.15, 0.2) is 0 Å². The van der Waals surface area contributed by atoms with Crippen molar-refractivity contribution in [2.75, 3.05) is 13.2 Å². The SMILES string of the molecule is CCCCN=C(N)CCCCCCCCCCC1c2ccc(O)cc2OCC1(C)c1ccc(O)cc1. The molecule has 36 heavy (non-hydrogen) atoms. The second-order valence-electron chi connectivity index (χ2n) is 10.6. The molecule has 5 nitrogen and oxygen atoms in total. The minimum atomic E-state index is -0.181. The predicted molar refractivity (Wildman–Crippen MR) is 149 cm³/mol. The van der Waals surface area contributed by atoms with Gasteiger partial charge in [0.1, 0.15) is 17.2 Å². The van der Waals surface area contributed by atoms with E-state index in [2.05, 4.69) is 18.8 Å². The molecule has 0 aromatic heterocycles. The zero-order valence-electron chi connectivity index (χ0n) is 22.3. The van der Waals surface area contributed by atoms with Crippen LogP contribution in [0.1, 0.15) is 108 Å². The Bertz CT molecular complexity index is 957. The number of aliphatic imine (C=N–C) groups is 1. The van der Waals surface area contributed by atoms with Crippen LogP contribution in [0.3, 0.4) is 0 Å². The summed E-state index contributed by atoms with van der Waals surface area (Å²) in [7, 11) is 0. The molecule has 1 aliphatic rings. The van der Waals surface area contributed by atoms with Crippen molar-refractivity contribution in [3.05, 3.63) is 53.6 Å². The quantitative estimate of drug-likeness (QED) is 0.135. The fourth-order valence-electron chi connectivity index (χ4n) is 5.38. The third kappa shape index (κ3) is 7.91. The summed E-state index contributed by atoms with van der Waals surface area (Å²) in [5.74, 6) is 2.45. The van der Waals surface area contributed by atoms with Crippen LogP contribution in [0.15, 0.2) is 47.5 Å². The van der Waals surface area contributed by atoms with E-state index in [4.69, 9.17) is 10.5 Å². The Kier molecular flexibility index (Phi) is 11.0. The molecule has 2 atom stereocenters. The van der Waals surface area contributed by atoms with E-state index in [1.807, 2.05) is 18.2 Å². The van der Waals surface area contributed by atoms with Gasteiger partial charge in [0, 0.05) is 30.4 Å². The molecule has 4 N–H and O–H groups in total. The third-order valence-corrected chi connectivity index (χ3v) is 7.70. The molecule has 0 amide bonds. The second kappa shape index (κ2) is 14.2. The maximum Gasteiger partial charge on any atom is 0.126 e. The second-order valence-corrected chi connectivity index (χ2v) is 10.6. The van der Waals surface area contributed by atoms with Crippen molar-refractivity contribution in [2.45, 2.75) is 102 Å². The number of benzene rings is 2. The van der Waals surface area contributed by atoms with Gasteiger partial charge in [0.05, 0.1) is 12.4 Å². The van der Waals surface area contributed by atoms with Gasteiger partial charge in [-0.3, -0.25) is 4.99 Å². The van der Waals surface area contributed by atoms with Crippen LogP contribution in [0.25, 0.3) is 0 Å². The molecule has 0 saturated carbocycles. The molecule has 3 rings (SSSR count). The molecule has 198 valence electrons. The zero-order chi connectivity index (χ0) is 25.8. The number of unbranched alkanes of at least 4 members (excludes halogenated alkanes) is 8. The summed E-state index contributed by atoms with van der Waals surface area (Å²) < 4.78 is 6.13. The van der Waals surface area contributed by atoms with E-state index in [1.165, 1.54) is 62.5 Å². The summed E-state index contributed by atoms with van der Waals surface area (Å²) >= 11 is 0. The molecule has 0 radical (unpaired) electrons. The zero-order valence-corrected chi connectivity index (χ0v) is 22.3. The normalized spacial score (nSPS) is 19.6. The Morgan fingerprint density at radius 2 is 1.56 bits per heavy atom. The van der Waals surface area contributed by atoms with E-state index >= 15 is 0 Å². The molecule has 0 fully saturated rings. The van der Waals surface area contributed by atoms with Crippen molar-refractivity contribution >= 4 is 5.84 Å². The minimum absolute atomic E-state index is 0.181. The standard InChI is InChI=1S/C31H46N2O3/c1-3-4-21-33-30(32)14-12-10-8-6-5-7-9-11-13-28-27-20-19-26(35)22-29(27)36-23-31(28,2)24-15-17-25(34)18-16-24/h15-20,22,28,34-35H,3-14,21,23H2,1-2H3,(H2,32,33). The number of ether oxygens (including phenoxy) is 1. The first-order valence-corrected chi connectivity index (χ1v) is 14.0. The largest absolute Gasteiger partial charge is 0.508 e. The lowest BCUT2D eigenvalue weighted by Crippen LogP contribution is -2.40. The molecule has 0 saturated heterocycles. The van der Waals surface area contributed by atoms with Gasteiger partial charge in [-0.15, -0.1) is 0 Å². The monoisotopic (exact) mass is 494 g/mol. The van der Waals surface area contributed by atoms with Gasteiger partial charge in [-0.2, -0.15) is 0 Å². The fourth-order valence-corrected chi connectivity index (χ4v) is 5.38. The van der Waals surface area contributed by atoms with Crippen LogP contribution >= 0.6 is 0 Å². The Labute approximate surface area is 217 Å². The molecule has 0 bridgehead atoms. The first kappa shape index (κ1) is 27.9. The molecular weight excluding hydrogens is 448 g/mol. The average molecular weight is 495 g/mol. The van der Waals surface area contributed by atoms with Crippen molar-refractivity contribution in [1.29, 1.82) is 0 Å². The molecular formula is C31H46N2O3. The third-order valence-electron chi connectivity index (χ3n) is 7.70. The Morgan fingerprint density at radius 3 is 2.25 bits per heavy atom. The van der Waals surface area contributed by atoms with Crippen LogP contribution in [0.5, 0.6) is 17.2 Å². The summed E-state index contributed by atoms with van der Waals surface area (Å²) in [6.45, 7) is 5.88. The van der Waals surface area contributed by atoms with Crippen LogP contribution < -0.4 is 10.5 Å². The van der Waals surface area contributed by atoms with Crippen LogP contribution in [0.2, 0.25) is 0 Å². The Hall–Kier alpha value is -2.69. The topological polar surface area (TPSA) is 88.1 Å². The van der Waals surface area contributed by atoms with Gasteiger partial charge in [-0.25, -0.2) is 0 Å². The van der Waals surface area contributed by atoms with Gasteiger partial charge in [0.2, 0.25) is 0 Å². The first-order chi connectivity index (χ1) is 17.4. The van der Waals surface area contributed by atoms with E-state index in [-0.39, 0.29) is 16.9 Å². The summed E-state index contributed by atoms with van der Waals surface area (Å²) in [4.78, 5) is 4.43. The molecule has 1 heterocycles. The molecule has 0 spiro atoms. The summed E-state index contributed by atoms with van der Waals surface area (Å²) in [5.41, 5.74) is 8.16. The average Bonchev–Trinajstić information content (AvgIpc) is 2.87. The molecule has 1 aliphatic heterocycles. The highest BCUT2D eigenvalue weighted by atomic mass is 16.5. The molecule has 2 unspecified atom stereocenters. The number of hydrogen-bond acceptors (Lipinski definition) is 4. The highest BCUT2D eigenvalue weighted by Gasteiger charge is 2.42. The van der Waals surface area contributed by atoms with Crippen molar-refractivity contribution in [3.63, 3.8) is 0 Å². The smallest absolute Gasteiger partial charge is 0.126 e. The van der Waals surface area contributed by atoms with E-state index in [0.29, 0.717) is 12.5 Å². The van der Waals surface area contributed by atoms with Crippen molar-refractivity contribution in [2.24, 2.45) is 10.7 Å². The number of rotatable bonds is 15. The number of hydrogen-bond donors (Lipinski definition) is 3. The van der Waals surface area contributed by atoms with Crippen molar-refractivity contribution < 1.29 is 14.9 Å². The number of nitrogens with zero attached hydrogens (tertiary/aromatic N) is 1.